The largest absolute Gasteiger partial charge is 0.495 e. The number of sulfonamides is 1. The van der Waals surface area contributed by atoms with Crippen LogP contribution in [0.15, 0.2) is 23.1 Å². The Morgan fingerprint density at radius 2 is 2.11 bits per heavy atom. The van der Waals surface area contributed by atoms with E-state index in [0.29, 0.717) is 18.0 Å². The Bertz CT molecular complexity index is 550. The molecule has 1 fully saturated rings. The van der Waals surface area contributed by atoms with Crippen LogP contribution in [0.25, 0.3) is 0 Å². The van der Waals surface area contributed by atoms with Crippen molar-refractivity contribution in [2.24, 2.45) is 5.41 Å². The second kappa shape index (κ2) is 4.44. The number of anilines is 1. The minimum atomic E-state index is -3.49. The van der Waals surface area contributed by atoms with E-state index < -0.39 is 10.0 Å². The zero-order valence-electron chi connectivity index (χ0n) is 10.6. The van der Waals surface area contributed by atoms with Crippen molar-refractivity contribution < 1.29 is 13.2 Å². The first-order valence-electron chi connectivity index (χ1n) is 5.79. The van der Waals surface area contributed by atoms with Crippen molar-refractivity contribution in [3.05, 3.63) is 18.2 Å². The quantitative estimate of drug-likeness (QED) is 0.791. The molecular formula is C12H18N2O3S. The first kappa shape index (κ1) is 13.2. The molecule has 0 heterocycles. The van der Waals surface area contributed by atoms with E-state index in [2.05, 4.69) is 11.6 Å². The number of rotatable bonds is 5. The lowest BCUT2D eigenvalue weighted by molar-refractivity contribution is 0.416. The van der Waals surface area contributed by atoms with Gasteiger partial charge in [0.15, 0.2) is 0 Å². The van der Waals surface area contributed by atoms with Crippen molar-refractivity contribution in [2.45, 2.75) is 24.7 Å². The number of hydrogen-bond acceptors (Lipinski definition) is 4. The molecule has 0 radical (unpaired) electrons. The molecule has 0 aromatic heterocycles. The van der Waals surface area contributed by atoms with Gasteiger partial charge in [-0.25, -0.2) is 13.1 Å². The molecule has 0 saturated heterocycles. The van der Waals surface area contributed by atoms with Crippen LogP contribution in [-0.2, 0) is 10.0 Å². The maximum Gasteiger partial charge on any atom is 0.240 e. The molecule has 0 aliphatic heterocycles. The Balaban J connectivity index is 2.16. The van der Waals surface area contributed by atoms with Crippen LogP contribution in [0.1, 0.15) is 19.8 Å². The molecule has 6 heteroatoms. The molecule has 1 saturated carbocycles. The van der Waals surface area contributed by atoms with Crippen molar-refractivity contribution >= 4 is 15.7 Å². The van der Waals surface area contributed by atoms with Gasteiger partial charge in [0.1, 0.15) is 5.75 Å². The van der Waals surface area contributed by atoms with Crippen molar-refractivity contribution in [1.82, 2.24) is 4.72 Å². The third kappa shape index (κ3) is 2.76. The first-order valence-corrected chi connectivity index (χ1v) is 7.28. The number of nitrogens with one attached hydrogen (secondary N) is 1. The van der Waals surface area contributed by atoms with Gasteiger partial charge in [0.05, 0.1) is 17.7 Å². The van der Waals surface area contributed by atoms with Gasteiger partial charge in [0, 0.05) is 6.54 Å². The molecule has 0 amide bonds. The van der Waals surface area contributed by atoms with E-state index >= 15 is 0 Å². The van der Waals surface area contributed by atoms with Crippen LogP contribution in [0, 0.1) is 5.41 Å². The molecule has 0 unspecified atom stereocenters. The molecule has 1 aliphatic carbocycles. The highest BCUT2D eigenvalue weighted by Gasteiger charge is 2.38. The summed E-state index contributed by atoms with van der Waals surface area (Å²) in [5.41, 5.74) is 6.15. The molecule has 2 rings (SSSR count). The van der Waals surface area contributed by atoms with Crippen LogP contribution in [-0.4, -0.2) is 22.1 Å². The Labute approximate surface area is 107 Å². The Hall–Kier alpha value is -1.27. The predicted molar refractivity (Wildman–Crippen MR) is 69.9 cm³/mol. The van der Waals surface area contributed by atoms with Crippen molar-refractivity contribution in [2.75, 3.05) is 19.4 Å². The van der Waals surface area contributed by atoms with Crippen molar-refractivity contribution in [3.63, 3.8) is 0 Å². The average molecular weight is 270 g/mol. The minimum Gasteiger partial charge on any atom is -0.495 e. The SMILES string of the molecule is COc1ccc(S(=O)(=O)NCC2(C)CC2)cc1N. The van der Waals surface area contributed by atoms with E-state index in [1.165, 1.54) is 19.2 Å². The van der Waals surface area contributed by atoms with Crippen LogP contribution in [0.5, 0.6) is 5.75 Å². The highest BCUT2D eigenvalue weighted by Crippen LogP contribution is 2.44. The Morgan fingerprint density at radius 1 is 1.44 bits per heavy atom. The summed E-state index contributed by atoms with van der Waals surface area (Å²) in [7, 11) is -1.99. The normalized spacial score (nSPS) is 17.4. The van der Waals surface area contributed by atoms with Gasteiger partial charge in [-0.15, -0.1) is 0 Å². The lowest BCUT2D eigenvalue weighted by Crippen LogP contribution is -2.29. The number of nitrogens with two attached hydrogens (primary N) is 1. The van der Waals surface area contributed by atoms with Gasteiger partial charge in [-0.3, -0.25) is 0 Å². The topological polar surface area (TPSA) is 81.4 Å². The number of ether oxygens (including phenoxy) is 1. The van der Waals surface area contributed by atoms with Gasteiger partial charge >= 0.3 is 0 Å². The minimum absolute atomic E-state index is 0.130. The predicted octanol–water partition coefficient (Wildman–Crippen LogP) is 1.36. The van der Waals surface area contributed by atoms with Crippen LogP contribution < -0.4 is 15.2 Å². The second-order valence-electron chi connectivity index (χ2n) is 5.04. The summed E-state index contributed by atoms with van der Waals surface area (Å²) in [6.45, 7) is 2.54. The summed E-state index contributed by atoms with van der Waals surface area (Å²) < 4.78 is 31.7. The fourth-order valence-corrected chi connectivity index (χ4v) is 2.86. The molecule has 0 atom stereocenters. The van der Waals surface area contributed by atoms with Gasteiger partial charge in [0.25, 0.3) is 0 Å². The zero-order chi connectivity index (χ0) is 13.4. The lowest BCUT2D eigenvalue weighted by Gasteiger charge is -2.12. The molecule has 5 nitrogen and oxygen atoms in total. The van der Waals surface area contributed by atoms with Gasteiger partial charge in [-0.2, -0.15) is 0 Å². The van der Waals surface area contributed by atoms with E-state index in [4.69, 9.17) is 10.5 Å². The van der Waals surface area contributed by atoms with E-state index in [0.717, 1.165) is 12.8 Å². The highest BCUT2D eigenvalue weighted by atomic mass is 32.2. The Kier molecular flexibility index (Phi) is 3.25. The number of benzene rings is 1. The van der Waals surface area contributed by atoms with Crippen LogP contribution in [0.2, 0.25) is 0 Å². The average Bonchev–Trinajstić information content (AvgIpc) is 3.06. The summed E-state index contributed by atoms with van der Waals surface area (Å²) in [5, 5.41) is 0. The monoisotopic (exact) mass is 270 g/mol. The number of nitrogen functional groups attached to an aromatic ring is 1. The summed E-state index contributed by atoms with van der Waals surface area (Å²) in [6.07, 6.45) is 2.14. The molecular weight excluding hydrogens is 252 g/mol. The number of hydrogen-bond donors (Lipinski definition) is 2. The highest BCUT2D eigenvalue weighted by molar-refractivity contribution is 7.89. The molecule has 0 spiro atoms. The van der Waals surface area contributed by atoms with E-state index in [9.17, 15) is 8.42 Å². The van der Waals surface area contributed by atoms with Crippen LogP contribution in [0.4, 0.5) is 5.69 Å². The fourth-order valence-electron chi connectivity index (χ4n) is 1.62. The molecule has 3 N–H and O–H groups in total. The van der Waals surface area contributed by atoms with Gasteiger partial charge < -0.3 is 10.5 Å². The second-order valence-corrected chi connectivity index (χ2v) is 6.81. The molecule has 1 aromatic carbocycles. The molecule has 100 valence electrons. The third-order valence-electron chi connectivity index (χ3n) is 3.30. The lowest BCUT2D eigenvalue weighted by atomic mass is 10.2. The maximum atomic E-state index is 12.1. The molecule has 18 heavy (non-hydrogen) atoms. The van der Waals surface area contributed by atoms with Gasteiger partial charge in [-0.05, 0) is 36.5 Å². The van der Waals surface area contributed by atoms with E-state index in [-0.39, 0.29) is 10.3 Å². The summed E-state index contributed by atoms with van der Waals surface area (Å²) in [5.74, 6) is 0.475. The third-order valence-corrected chi connectivity index (χ3v) is 4.70. The van der Waals surface area contributed by atoms with Gasteiger partial charge in [-0.1, -0.05) is 6.92 Å². The van der Waals surface area contributed by atoms with Crippen molar-refractivity contribution in [3.8, 4) is 5.75 Å². The Morgan fingerprint density at radius 3 is 2.61 bits per heavy atom. The van der Waals surface area contributed by atoms with E-state index in [1.54, 1.807) is 6.07 Å². The molecule has 0 bridgehead atoms. The summed E-state index contributed by atoms with van der Waals surface area (Å²) in [6, 6.07) is 4.46. The maximum absolute atomic E-state index is 12.1. The van der Waals surface area contributed by atoms with E-state index in [1.807, 2.05) is 0 Å². The zero-order valence-corrected chi connectivity index (χ0v) is 11.4. The van der Waals surface area contributed by atoms with Crippen LogP contribution in [0.3, 0.4) is 0 Å². The summed E-state index contributed by atoms with van der Waals surface area (Å²) >= 11 is 0. The fraction of sp³-hybridized carbons (Fsp3) is 0.500. The molecule has 1 aliphatic rings. The van der Waals surface area contributed by atoms with Gasteiger partial charge in [0.2, 0.25) is 10.0 Å². The first-order chi connectivity index (χ1) is 8.36. The van der Waals surface area contributed by atoms with Crippen molar-refractivity contribution in [1.29, 1.82) is 0 Å². The summed E-state index contributed by atoms with van der Waals surface area (Å²) in [4.78, 5) is 0.171. The smallest absolute Gasteiger partial charge is 0.240 e. The molecule has 1 aromatic rings. The van der Waals surface area contributed by atoms with Crippen LogP contribution >= 0.6 is 0 Å². The standard InChI is InChI=1S/C12H18N2O3S/c1-12(5-6-12)8-14-18(15,16)9-3-4-11(17-2)10(13)7-9/h3-4,7,14H,5-6,8,13H2,1-2H3. The number of methoxy groups -OCH3 is 1.